The largest absolute Gasteiger partial charge is 0.379 e. The monoisotopic (exact) mass is 485 g/mol. The van der Waals surface area contributed by atoms with E-state index >= 15 is 0 Å². The van der Waals surface area contributed by atoms with Gasteiger partial charge in [-0.25, -0.2) is 0 Å². The first-order chi connectivity index (χ1) is 16.6. The molecule has 0 bridgehead atoms. The van der Waals surface area contributed by atoms with Gasteiger partial charge in [-0.15, -0.1) is 0 Å². The molecule has 0 spiro atoms. The first-order valence-corrected chi connectivity index (χ1v) is 12.2. The highest BCUT2D eigenvalue weighted by molar-refractivity contribution is 5.79. The Hall–Kier alpha value is -2.30. The molecule has 0 aliphatic carbocycles. The highest BCUT2D eigenvalue weighted by Gasteiger charge is 2.04. The summed E-state index contributed by atoms with van der Waals surface area (Å²) in [4.78, 5) is 44.8. The minimum absolute atomic E-state index is 0.0872. The van der Waals surface area contributed by atoms with Crippen LogP contribution in [0, 0.1) is 0 Å². The number of hydrogen-bond acceptors (Lipinski definition) is 7. The summed E-state index contributed by atoms with van der Waals surface area (Å²) in [7, 11) is 0. The van der Waals surface area contributed by atoms with E-state index in [1.807, 2.05) is 0 Å². The second kappa shape index (κ2) is 25.3. The van der Waals surface area contributed by atoms with Gasteiger partial charge in [0, 0.05) is 52.1 Å². The quantitative estimate of drug-likeness (QED) is 0.107. The lowest BCUT2D eigenvalue weighted by Gasteiger charge is -2.08. The van der Waals surface area contributed by atoms with Gasteiger partial charge in [-0.2, -0.15) is 0 Å². The number of amides is 3. The molecule has 0 atom stereocenters. The Morgan fingerprint density at radius 1 is 0.647 bits per heavy atom. The molecule has 10 nitrogen and oxygen atoms in total. The van der Waals surface area contributed by atoms with E-state index in [1.165, 1.54) is 6.08 Å². The van der Waals surface area contributed by atoms with Crippen molar-refractivity contribution in [3.05, 3.63) is 12.2 Å². The predicted octanol–water partition coefficient (Wildman–Crippen LogP) is 1.28. The molecule has 0 aromatic heterocycles. The molecule has 0 aromatic rings. The molecule has 0 aromatic carbocycles. The summed E-state index contributed by atoms with van der Waals surface area (Å²) in [5.41, 5.74) is 0. The lowest BCUT2D eigenvalue weighted by atomic mass is 10.2. The van der Waals surface area contributed by atoms with Crippen LogP contribution in [0.4, 0.5) is 0 Å². The van der Waals surface area contributed by atoms with Crippen LogP contribution in [0.2, 0.25) is 0 Å². The van der Waals surface area contributed by atoms with E-state index in [2.05, 4.69) is 22.9 Å². The molecule has 0 fully saturated rings. The Bertz CT molecular complexity index is 571. The van der Waals surface area contributed by atoms with E-state index < -0.39 is 0 Å². The van der Waals surface area contributed by atoms with Crippen LogP contribution < -0.4 is 16.0 Å². The fourth-order valence-electron chi connectivity index (χ4n) is 2.65. The summed E-state index contributed by atoms with van der Waals surface area (Å²) in [6.07, 6.45) is 8.60. The van der Waals surface area contributed by atoms with Crippen LogP contribution in [0.5, 0.6) is 0 Å². The van der Waals surface area contributed by atoms with Gasteiger partial charge in [0.05, 0.1) is 26.4 Å². The molecule has 0 aliphatic rings. The third-order valence-corrected chi connectivity index (χ3v) is 4.52. The molecular formula is C24H43N3O7. The fraction of sp³-hybridized carbons (Fsp3) is 0.750. The molecule has 3 N–H and O–H groups in total. The topological polar surface area (TPSA) is 132 Å². The van der Waals surface area contributed by atoms with E-state index in [9.17, 15) is 19.2 Å². The maximum absolute atomic E-state index is 11.7. The first-order valence-electron chi connectivity index (χ1n) is 12.2. The summed E-state index contributed by atoms with van der Waals surface area (Å²) in [6.45, 7) is 6.62. The Labute approximate surface area is 203 Å². The standard InChI is InChI=1S/C24H43N3O7/c1-2-3-9-22(29)26-13-7-16-32-18-20-34-21-19-33-17-8-14-27-24(31)11-6-10-23(30)25-12-4-5-15-28/h4-5,15H,2-3,6-14,16-21H2,1H3,(H,25,30)(H,26,29)(H,27,31)/b5-4+. The minimum atomic E-state index is -0.145. The number of rotatable bonds is 24. The predicted molar refractivity (Wildman–Crippen MR) is 129 cm³/mol. The van der Waals surface area contributed by atoms with Crippen LogP contribution in [-0.2, 0) is 33.4 Å². The Morgan fingerprint density at radius 2 is 1.12 bits per heavy atom. The third-order valence-electron chi connectivity index (χ3n) is 4.52. The fourth-order valence-corrected chi connectivity index (χ4v) is 2.65. The van der Waals surface area contributed by atoms with Crippen molar-refractivity contribution >= 4 is 24.0 Å². The second-order valence-electron chi connectivity index (χ2n) is 7.57. The van der Waals surface area contributed by atoms with Gasteiger partial charge in [0.25, 0.3) is 0 Å². The van der Waals surface area contributed by atoms with Crippen molar-refractivity contribution in [1.82, 2.24) is 16.0 Å². The van der Waals surface area contributed by atoms with Gasteiger partial charge in [0.2, 0.25) is 17.7 Å². The Balaban J connectivity index is 3.29. The van der Waals surface area contributed by atoms with Crippen molar-refractivity contribution in [2.75, 3.05) is 59.3 Å². The van der Waals surface area contributed by atoms with Gasteiger partial charge in [0.1, 0.15) is 6.29 Å². The molecule has 34 heavy (non-hydrogen) atoms. The Morgan fingerprint density at radius 3 is 1.62 bits per heavy atom. The molecule has 0 heterocycles. The number of nitrogens with one attached hydrogen (secondary N) is 3. The molecule has 0 saturated heterocycles. The SMILES string of the molecule is CCCCC(=O)NCCCOCCOCCOCCCNC(=O)CCCC(=O)NC/C=C/C=O. The van der Waals surface area contributed by atoms with Crippen LogP contribution in [-0.4, -0.2) is 83.3 Å². The average molecular weight is 486 g/mol. The number of aldehydes is 1. The van der Waals surface area contributed by atoms with E-state index in [0.29, 0.717) is 91.2 Å². The van der Waals surface area contributed by atoms with Crippen molar-refractivity contribution in [1.29, 1.82) is 0 Å². The van der Waals surface area contributed by atoms with Crippen molar-refractivity contribution in [3.8, 4) is 0 Å². The van der Waals surface area contributed by atoms with Crippen molar-refractivity contribution in [2.24, 2.45) is 0 Å². The van der Waals surface area contributed by atoms with Crippen molar-refractivity contribution in [3.63, 3.8) is 0 Å². The van der Waals surface area contributed by atoms with Crippen LogP contribution >= 0.6 is 0 Å². The minimum Gasteiger partial charge on any atom is -0.379 e. The molecule has 0 radical (unpaired) electrons. The van der Waals surface area contributed by atoms with Gasteiger partial charge in [0.15, 0.2) is 0 Å². The van der Waals surface area contributed by atoms with Gasteiger partial charge in [-0.1, -0.05) is 19.4 Å². The van der Waals surface area contributed by atoms with E-state index in [-0.39, 0.29) is 24.1 Å². The molecule has 196 valence electrons. The zero-order valence-corrected chi connectivity index (χ0v) is 20.6. The number of carbonyl (C=O) groups is 4. The number of hydrogen-bond donors (Lipinski definition) is 3. The lowest BCUT2D eigenvalue weighted by molar-refractivity contribution is -0.123. The number of ether oxygens (including phenoxy) is 3. The average Bonchev–Trinajstić information content (AvgIpc) is 2.82. The highest BCUT2D eigenvalue weighted by atomic mass is 16.5. The molecule has 0 unspecified atom stereocenters. The first kappa shape index (κ1) is 31.7. The van der Waals surface area contributed by atoms with E-state index in [4.69, 9.17) is 14.2 Å². The zero-order valence-electron chi connectivity index (χ0n) is 20.6. The molecular weight excluding hydrogens is 442 g/mol. The normalized spacial score (nSPS) is 10.9. The number of carbonyl (C=O) groups excluding carboxylic acids is 4. The zero-order chi connectivity index (χ0) is 25.1. The van der Waals surface area contributed by atoms with E-state index in [1.54, 1.807) is 6.08 Å². The summed E-state index contributed by atoms with van der Waals surface area (Å²) >= 11 is 0. The molecule has 10 heteroatoms. The van der Waals surface area contributed by atoms with Crippen molar-refractivity contribution in [2.45, 2.75) is 58.3 Å². The molecule has 0 aliphatic heterocycles. The smallest absolute Gasteiger partial charge is 0.220 e. The third kappa shape index (κ3) is 24.3. The summed E-state index contributed by atoms with van der Waals surface area (Å²) in [6, 6.07) is 0. The summed E-state index contributed by atoms with van der Waals surface area (Å²) < 4.78 is 16.3. The number of allylic oxidation sites excluding steroid dienone is 1. The van der Waals surface area contributed by atoms with Gasteiger partial charge in [-0.05, 0) is 31.8 Å². The highest BCUT2D eigenvalue weighted by Crippen LogP contribution is 1.96. The maximum Gasteiger partial charge on any atom is 0.220 e. The molecule has 0 saturated carbocycles. The molecule has 3 amide bonds. The maximum atomic E-state index is 11.7. The molecule has 0 rings (SSSR count). The second-order valence-corrected chi connectivity index (χ2v) is 7.57. The Kier molecular flexibility index (Phi) is 23.6. The van der Waals surface area contributed by atoms with E-state index in [0.717, 1.165) is 19.3 Å². The van der Waals surface area contributed by atoms with Crippen molar-refractivity contribution < 1.29 is 33.4 Å². The van der Waals surface area contributed by atoms with Crippen LogP contribution in [0.3, 0.4) is 0 Å². The van der Waals surface area contributed by atoms with Crippen LogP contribution in [0.15, 0.2) is 12.2 Å². The van der Waals surface area contributed by atoms with Gasteiger partial charge < -0.3 is 30.2 Å². The summed E-state index contributed by atoms with van der Waals surface area (Å²) in [5.74, 6) is -0.128. The van der Waals surface area contributed by atoms with Crippen LogP contribution in [0.25, 0.3) is 0 Å². The lowest BCUT2D eigenvalue weighted by Crippen LogP contribution is -2.26. The summed E-state index contributed by atoms with van der Waals surface area (Å²) in [5, 5.41) is 8.31. The van der Waals surface area contributed by atoms with Gasteiger partial charge >= 0.3 is 0 Å². The number of unbranched alkanes of at least 4 members (excludes halogenated alkanes) is 1. The van der Waals surface area contributed by atoms with Gasteiger partial charge in [-0.3, -0.25) is 19.2 Å². The van der Waals surface area contributed by atoms with Crippen LogP contribution in [0.1, 0.15) is 58.3 Å².